The van der Waals surface area contributed by atoms with E-state index in [1.165, 1.54) is 103 Å². The van der Waals surface area contributed by atoms with Crippen molar-refractivity contribution in [1.29, 1.82) is 0 Å². The van der Waals surface area contributed by atoms with Crippen molar-refractivity contribution in [3.63, 3.8) is 0 Å². The molecule has 59 heavy (non-hydrogen) atoms. The molecule has 0 rings (SSSR count). The third kappa shape index (κ3) is 40.0. The zero-order chi connectivity index (χ0) is 43.7. The van der Waals surface area contributed by atoms with Crippen LogP contribution in [-0.4, -0.2) is 81.4 Å². The van der Waals surface area contributed by atoms with Crippen LogP contribution in [0.4, 0.5) is 4.79 Å². The molecule has 0 spiro atoms. The van der Waals surface area contributed by atoms with Crippen molar-refractivity contribution in [2.24, 2.45) is 11.3 Å². The van der Waals surface area contributed by atoms with Crippen LogP contribution in [-0.2, 0) is 23.8 Å². The lowest BCUT2D eigenvalue weighted by Gasteiger charge is -2.25. The molecule has 1 amide bonds. The molecule has 0 bridgehead atoms. The number of ether oxygens (including phenoxy) is 3. The monoisotopic (exact) mass is 837 g/mol. The number of unbranched alkanes of at least 4 members (excludes halogenated alkanes) is 22. The fourth-order valence-electron chi connectivity index (χ4n) is 7.90. The minimum absolute atomic E-state index is 0.00783. The third-order valence-corrected chi connectivity index (χ3v) is 11.9. The lowest BCUT2D eigenvalue weighted by molar-refractivity contribution is -0.145. The number of carbonyl (C=O) groups excluding carboxylic acids is 3. The zero-order valence-electron chi connectivity index (χ0n) is 40.5. The Morgan fingerprint density at radius 2 is 0.932 bits per heavy atom. The number of amides is 1. The van der Waals surface area contributed by atoms with Gasteiger partial charge < -0.3 is 24.0 Å². The van der Waals surface area contributed by atoms with Gasteiger partial charge >= 0.3 is 12.1 Å². The smallest absolute Gasteiger partial charge is 0.466 e. The Labute approximate surface area is 366 Å². The number of nitrogens with zero attached hydrogens (tertiary/aromatic N) is 2. The summed E-state index contributed by atoms with van der Waals surface area (Å²) in [5.74, 6) is 0.743. The molecular weight excluding hydrogens is 737 g/mol. The van der Waals surface area contributed by atoms with E-state index in [0.717, 1.165) is 116 Å². The van der Waals surface area contributed by atoms with Crippen molar-refractivity contribution in [2.45, 2.75) is 247 Å². The topological polar surface area (TPSA) is 85.4 Å². The lowest BCUT2D eigenvalue weighted by Crippen LogP contribution is -2.33. The van der Waals surface area contributed by atoms with E-state index in [0.29, 0.717) is 38.6 Å². The first-order valence-corrected chi connectivity index (χ1v) is 25.4. The van der Waals surface area contributed by atoms with Crippen LogP contribution < -0.4 is 0 Å². The highest BCUT2D eigenvalue weighted by Gasteiger charge is 2.21. The number of hydrogen-bond acceptors (Lipinski definition) is 7. The molecule has 0 aromatic rings. The van der Waals surface area contributed by atoms with Gasteiger partial charge in [0, 0.05) is 25.9 Å². The Morgan fingerprint density at radius 3 is 1.47 bits per heavy atom. The molecule has 8 nitrogen and oxygen atoms in total. The summed E-state index contributed by atoms with van der Waals surface area (Å²) in [5.41, 5.74) is -0.113. The first-order valence-electron chi connectivity index (χ1n) is 25.4. The van der Waals surface area contributed by atoms with Gasteiger partial charge in [-0.1, -0.05) is 169 Å². The summed E-state index contributed by atoms with van der Waals surface area (Å²) in [6, 6.07) is 0. The number of carbonyl (C=O) groups is 3. The van der Waals surface area contributed by atoms with E-state index in [1.807, 2.05) is 0 Å². The molecule has 8 heteroatoms. The van der Waals surface area contributed by atoms with Crippen LogP contribution >= 0.6 is 0 Å². The summed E-state index contributed by atoms with van der Waals surface area (Å²) in [6.45, 7) is 15.0. The second-order valence-corrected chi connectivity index (χ2v) is 18.9. The molecule has 0 atom stereocenters. The van der Waals surface area contributed by atoms with Crippen LogP contribution in [0, 0.1) is 11.3 Å². The number of rotatable bonds is 44. The quantitative estimate of drug-likeness (QED) is 0.0446. The minimum atomic E-state index is -0.551. The second kappa shape index (κ2) is 41.5. The fraction of sp³-hybridized carbons (Fsp3) is 0.941. The average Bonchev–Trinajstić information content (AvgIpc) is 3.20. The van der Waals surface area contributed by atoms with E-state index in [1.54, 1.807) is 0 Å². The van der Waals surface area contributed by atoms with Crippen molar-refractivity contribution < 1.29 is 28.6 Å². The third-order valence-electron chi connectivity index (χ3n) is 11.9. The highest BCUT2D eigenvalue weighted by atomic mass is 16.7. The summed E-state index contributed by atoms with van der Waals surface area (Å²) >= 11 is 0. The van der Waals surface area contributed by atoms with E-state index >= 15 is 0 Å². The van der Waals surface area contributed by atoms with Gasteiger partial charge in [0.2, 0.25) is 5.91 Å². The fourth-order valence-corrected chi connectivity index (χ4v) is 7.90. The van der Waals surface area contributed by atoms with Crippen LogP contribution in [0.2, 0.25) is 0 Å². The molecule has 0 heterocycles. The standard InChI is InChI=1S/C51H100N2O6/c1-8-11-14-17-20-27-36-47(37-28-21-18-15-12-9-2)45-49(55)57-43-34-24-22-32-41-53(48(54)38-29-25-31-40-52(6)7)42-33-26-30-39-51(4,5)46-59-50(56)58-44-35-23-19-16-13-10-3/h47H,8-46H2,1-7H3. The Bertz CT molecular complexity index is 941. The van der Waals surface area contributed by atoms with Crippen LogP contribution in [0.5, 0.6) is 0 Å². The van der Waals surface area contributed by atoms with Crippen molar-refractivity contribution in [3.05, 3.63) is 0 Å². The van der Waals surface area contributed by atoms with Gasteiger partial charge in [-0.3, -0.25) is 9.59 Å². The van der Waals surface area contributed by atoms with Gasteiger partial charge in [0.25, 0.3) is 0 Å². The van der Waals surface area contributed by atoms with Crippen molar-refractivity contribution in [2.75, 3.05) is 53.6 Å². The van der Waals surface area contributed by atoms with E-state index in [2.05, 4.69) is 58.5 Å². The molecule has 0 aromatic carbocycles. The van der Waals surface area contributed by atoms with Gasteiger partial charge in [0.15, 0.2) is 0 Å². The van der Waals surface area contributed by atoms with Crippen molar-refractivity contribution in [3.8, 4) is 0 Å². The highest BCUT2D eigenvalue weighted by Crippen LogP contribution is 2.25. The van der Waals surface area contributed by atoms with Crippen LogP contribution in [0.15, 0.2) is 0 Å². The maximum absolute atomic E-state index is 13.3. The zero-order valence-corrected chi connectivity index (χ0v) is 40.5. The first-order chi connectivity index (χ1) is 28.5. The first kappa shape index (κ1) is 57.2. The molecule has 0 aliphatic heterocycles. The summed E-state index contributed by atoms with van der Waals surface area (Å²) in [6.07, 6.45) is 36.6. The molecule has 0 saturated heterocycles. The second-order valence-electron chi connectivity index (χ2n) is 18.9. The van der Waals surface area contributed by atoms with Gasteiger partial charge in [-0.15, -0.1) is 0 Å². The Balaban J connectivity index is 4.61. The summed E-state index contributed by atoms with van der Waals surface area (Å²) in [7, 11) is 4.20. The molecule has 0 unspecified atom stereocenters. The molecule has 0 N–H and O–H groups in total. The molecule has 0 aromatic heterocycles. The SMILES string of the molecule is CCCCCCCCOC(=O)OCC(C)(C)CCCCCN(CCCCCCOC(=O)CC(CCCCCCCC)CCCCCCCC)C(=O)CCCCCN(C)C. The Kier molecular flexibility index (Phi) is 40.2. The van der Waals surface area contributed by atoms with E-state index in [4.69, 9.17) is 14.2 Å². The molecule has 0 aliphatic carbocycles. The number of esters is 1. The molecule has 0 fully saturated rings. The Hall–Kier alpha value is -1.83. The Morgan fingerprint density at radius 1 is 0.492 bits per heavy atom. The predicted molar refractivity (Wildman–Crippen MR) is 250 cm³/mol. The maximum atomic E-state index is 13.3. The number of hydrogen-bond donors (Lipinski definition) is 0. The summed E-state index contributed by atoms with van der Waals surface area (Å²) < 4.78 is 16.5. The molecule has 0 radical (unpaired) electrons. The lowest BCUT2D eigenvalue weighted by atomic mass is 9.88. The van der Waals surface area contributed by atoms with Gasteiger partial charge in [-0.25, -0.2) is 4.79 Å². The van der Waals surface area contributed by atoms with Crippen LogP contribution in [0.3, 0.4) is 0 Å². The van der Waals surface area contributed by atoms with Gasteiger partial charge in [0.05, 0.1) is 13.2 Å². The van der Waals surface area contributed by atoms with E-state index in [-0.39, 0.29) is 17.3 Å². The highest BCUT2D eigenvalue weighted by molar-refractivity contribution is 5.76. The van der Waals surface area contributed by atoms with E-state index < -0.39 is 6.16 Å². The normalized spacial score (nSPS) is 11.7. The summed E-state index contributed by atoms with van der Waals surface area (Å²) in [4.78, 5) is 42.6. The molecule has 350 valence electrons. The van der Waals surface area contributed by atoms with Gasteiger partial charge in [0.1, 0.15) is 6.61 Å². The van der Waals surface area contributed by atoms with E-state index in [9.17, 15) is 14.4 Å². The minimum Gasteiger partial charge on any atom is -0.466 e. The van der Waals surface area contributed by atoms with Crippen molar-refractivity contribution in [1.82, 2.24) is 9.80 Å². The molecule has 0 aliphatic rings. The predicted octanol–water partition coefficient (Wildman–Crippen LogP) is 14.6. The van der Waals surface area contributed by atoms with Crippen LogP contribution in [0.25, 0.3) is 0 Å². The average molecular weight is 837 g/mol. The molecule has 0 saturated carbocycles. The summed E-state index contributed by atoms with van der Waals surface area (Å²) in [5, 5.41) is 0. The van der Waals surface area contributed by atoms with Crippen molar-refractivity contribution >= 4 is 18.0 Å². The van der Waals surface area contributed by atoms with Gasteiger partial charge in [-0.05, 0) is 96.2 Å². The van der Waals surface area contributed by atoms with Gasteiger partial charge in [-0.2, -0.15) is 0 Å². The largest absolute Gasteiger partial charge is 0.508 e. The molecular formula is C51H100N2O6. The van der Waals surface area contributed by atoms with Crippen LogP contribution in [0.1, 0.15) is 247 Å². The maximum Gasteiger partial charge on any atom is 0.508 e.